The summed E-state index contributed by atoms with van der Waals surface area (Å²) in [5.74, 6) is 1.40. The van der Waals surface area contributed by atoms with E-state index >= 15 is 0 Å². The summed E-state index contributed by atoms with van der Waals surface area (Å²) in [7, 11) is 0. The van der Waals surface area contributed by atoms with Crippen molar-refractivity contribution >= 4 is 11.8 Å². The van der Waals surface area contributed by atoms with Crippen LogP contribution in [0.25, 0.3) is 0 Å². The van der Waals surface area contributed by atoms with Crippen LogP contribution in [0.5, 0.6) is 11.5 Å². The number of benzene rings is 2. The largest absolute Gasteiger partial charge is 0.454 e. The highest BCUT2D eigenvalue weighted by molar-refractivity contribution is 5.95. The standard InChI is InChI=1S/C22H24N2O4/c25-21(10-7-17-5-2-1-3-6-17)23-11-4-12-24(14-13-23)22(26)18-8-9-19-20(15-18)28-16-27-19/h1-3,5-6,8-9,15H,4,7,10-14,16H2. The molecule has 2 aliphatic heterocycles. The molecule has 6 heteroatoms. The summed E-state index contributed by atoms with van der Waals surface area (Å²) in [6.45, 7) is 2.65. The second-order valence-corrected chi connectivity index (χ2v) is 7.08. The Hall–Kier alpha value is -3.02. The number of hydrogen-bond donors (Lipinski definition) is 0. The molecule has 6 nitrogen and oxygen atoms in total. The van der Waals surface area contributed by atoms with Crippen LogP contribution in [0.15, 0.2) is 48.5 Å². The highest BCUT2D eigenvalue weighted by Crippen LogP contribution is 2.32. The molecule has 0 spiro atoms. The zero-order valence-electron chi connectivity index (χ0n) is 15.8. The highest BCUT2D eigenvalue weighted by atomic mass is 16.7. The average Bonchev–Trinajstić information content (AvgIpc) is 3.07. The molecule has 2 aliphatic rings. The summed E-state index contributed by atoms with van der Waals surface area (Å²) in [5.41, 5.74) is 1.76. The number of nitrogens with zero attached hydrogens (tertiary/aromatic N) is 2. The Morgan fingerprint density at radius 2 is 1.61 bits per heavy atom. The monoisotopic (exact) mass is 380 g/mol. The van der Waals surface area contributed by atoms with Crippen LogP contribution in [0.3, 0.4) is 0 Å². The zero-order valence-corrected chi connectivity index (χ0v) is 15.8. The van der Waals surface area contributed by atoms with Gasteiger partial charge in [-0.25, -0.2) is 0 Å². The molecular weight excluding hydrogens is 356 g/mol. The zero-order chi connectivity index (χ0) is 19.3. The van der Waals surface area contributed by atoms with Crippen molar-refractivity contribution in [2.75, 3.05) is 33.0 Å². The number of amides is 2. The van der Waals surface area contributed by atoms with Crippen LogP contribution >= 0.6 is 0 Å². The Kier molecular flexibility index (Phi) is 5.46. The maximum absolute atomic E-state index is 12.9. The van der Waals surface area contributed by atoms with Crippen LogP contribution in [0.2, 0.25) is 0 Å². The van der Waals surface area contributed by atoms with E-state index in [9.17, 15) is 9.59 Å². The SMILES string of the molecule is O=C(CCc1ccccc1)N1CCCN(C(=O)c2ccc3c(c2)OCO3)CC1. The number of fused-ring (bicyclic) bond motifs is 1. The lowest BCUT2D eigenvalue weighted by molar-refractivity contribution is -0.131. The normalized spacial score (nSPS) is 16.0. The lowest BCUT2D eigenvalue weighted by Gasteiger charge is -2.22. The van der Waals surface area contributed by atoms with Crippen LogP contribution in [-0.2, 0) is 11.2 Å². The molecule has 146 valence electrons. The molecule has 0 radical (unpaired) electrons. The molecule has 28 heavy (non-hydrogen) atoms. The maximum atomic E-state index is 12.9. The van der Waals surface area contributed by atoms with E-state index < -0.39 is 0 Å². The van der Waals surface area contributed by atoms with Crippen LogP contribution in [-0.4, -0.2) is 54.6 Å². The number of carbonyl (C=O) groups excluding carboxylic acids is 2. The molecule has 0 atom stereocenters. The van der Waals surface area contributed by atoms with Gasteiger partial charge in [-0.05, 0) is 36.6 Å². The first-order valence-electron chi connectivity index (χ1n) is 9.71. The van der Waals surface area contributed by atoms with E-state index in [-0.39, 0.29) is 18.6 Å². The second kappa shape index (κ2) is 8.33. The van der Waals surface area contributed by atoms with Crippen molar-refractivity contribution in [2.24, 2.45) is 0 Å². The Labute approximate surface area is 164 Å². The Morgan fingerprint density at radius 1 is 0.857 bits per heavy atom. The van der Waals surface area contributed by atoms with E-state index in [1.807, 2.05) is 40.1 Å². The van der Waals surface area contributed by atoms with Gasteiger partial charge in [0.25, 0.3) is 5.91 Å². The van der Waals surface area contributed by atoms with Crippen molar-refractivity contribution in [1.82, 2.24) is 9.80 Å². The van der Waals surface area contributed by atoms with Gasteiger partial charge in [0, 0.05) is 38.2 Å². The van der Waals surface area contributed by atoms with Gasteiger partial charge < -0.3 is 19.3 Å². The molecule has 0 bridgehead atoms. The Morgan fingerprint density at radius 3 is 2.46 bits per heavy atom. The first-order valence-corrected chi connectivity index (χ1v) is 9.71. The van der Waals surface area contributed by atoms with Crippen LogP contribution < -0.4 is 9.47 Å². The minimum Gasteiger partial charge on any atom is -0.454 e. The number of aryl methyl sites for hydroxylation is 1. The predicted octanol–water partition coefficient (Wildman–Crippen LogP) is 2.72. The molecule has 0 aliphatic carbocycles. The molecule has 0 unspecified atom stereocenters. The van der Waals surface area contributed by atoms with Gasteiger partial charge in [0.05, 0.1) is 0 Å². The minimum atomic E-state index is -0.0307. The molecule has 2 heterocycles. The van der Waals surface area contributed by atoms with E-state index in [4.69, 9.17) is 9.47 Å². The first kappa shape index (κ1) is 18.3. The third-order valence-corrected chi connectivity index (χ3v) is 5.23. The molecule has 0 aromatic heterocycles. The summed E-state index contributed by atoms with van der Waals surface area (Å²) in [6.07, 6.45) is 2.03. The van der Waals surface area contributed by atoms with Gasteiger partial charge in [-0.2, -0.15) is 0 Å². The third-order valence-electron chi connectivity index (χ3n) is 5.23. The Balaban J connectivity index is 1.33. The number of ether oxygens (including phenoxy) is 2. The van der Waals surface area contributed by atoms with Crippen molar-refractivity contribution in [3.05, 3.63) is 59.7 Å². The fourth-order valence-corrected chi connectivity index (χ4v) is 3.64. The summed E-state index contributed by atoms with van der Waals surface area (Å²) >= 11 is 0. The van der Waals surface area contributed by atoms with Gasteiger partial charge in [0.15, 0.2) is 11.5 Å². The molecule has 2 aromatic carbocycles. The van der Waals surface area contributed by atoms with Gasteiger partial charge in [-0.1, -0.05) is 30.3 Å². The van der Waals surface area contributed by atoms with Crippen molar-refractivity contribution in [3.8, 4) is 11.5 Å². The number of hydrogen-bond acceptors (Lipinski definition) is 4. The second-order valence-electron chi connectivity index (χ2n) is 7.08. The fourth-order valence-electron chi connectivity index (χ4n) is 3.64. The third kappa shape index (κ3) is 4.11. The lowest BCUT2D eigenvalue weighted by Crippen LogP contribution is -2.37. The van der Waals surface area contributed by atoms with Crippen molar-refractivity contribution in [3.63, 3.8) is 0 Å². The molecule has 2 aromatic rings. The highest BCUT2D eigenvalue weighted by Gasteiger charge is 2.24. The predicted molar refractivity (Wildman–Crippen MR) is 104 cm³/mol. The van der Waals surface area contributed by atoms with Gasteiger partial charge in [-0.3, -0.25) is 9.59 Å². The minimum absolute atomic E-state index is 0.0307. The van der Waals surface area contributed by atoms with Gasteiger partial charge in [0.2, 0.25) is 12.7 Å². The molecule has 1 saturated heterocycles. The fraction of sp³-hybridized carbons (Fsp3) is 0.364. The van der Waals surface area contributed by atoms with Crippen LogP contribution in [0.4, 0.5) is 0 Å². The lowest BCUT2D eigenvalue weighted by atomic mass is 10.1. The summed E-state index contributed by atoms with van der Waals surface area (Å²) in [5, 5.41) is 0. The van der Waals surface area contributed by atoms with Gasteiger partial charge >= 0.3 is 0 Å². The molecule has 2 amide bonds. The quantitative estimate of drug-likeness (QED) is 0.818. The van der Waals surface area contributed by atoms with Crippen molar-refractivity contribution in [2.45, 2.75) is 19.3 Å². The van der Waals surface area contributed by atoms with Crippen LogP contribution in [0, 0.1) is 0 Å². The van der Waals surface area contributed by atoms with Crippen molar-refractivity contribution < 1.29 is 19.1 Å². The number of rotatable bonds is 4. The van der Waals surface area contributed by atoms with E-state index in [0.717, 1.165) is 12.8 Å². The number of carbonyl (C=O) groups is 2. The first-order chi connectivity index (χ1) is 13.7. The van der Waals surface area contributed by atoms with Crippen LogP contribution in [0.1, 0.15) is 28.8 Å². The van der Waals surface area contributed by atoms with E-state index in [1.54, 1.807) is 18.2 Å². The molecule has 4 rings (SSSR count). The van der Waals surface area contributed by atoms with E-state index in [1.165, 1.54) is 5.56 Å². The van der Waals surface area contributed by atoms with E-state index in [0.29, 0.717) is 49.7 Å². The van der Waals surface area contributed by atoms with E-state index in [2.05, 4.69) is 0 Å². The summed E-state index contributed by atoms with van der Waals surface area (Å²) in [6, 6.07) is 15.3. The molecule has 1 fully saturated rings. The maximum Gasteiger partial charge on any atom is 0.254 e. The van der Waals surface area contributed by atoms with Crippen molar-refractivity contribution in [1.29, 1.82) is 0 Å². The van der Waals surface area contributed by atoms with Gasteiger partial charge in [-0.15, -0.1) is 0 Å². The smallest absolute Gasteiger partial charge is 0.254 e. The summed E-state index contributed by atoms with van der Waals surface area (Å²) < 4.78 is 10.7. The topological polar surface area (TPSA) is 59.1 Å². The molecular formula is C22H24N2O4. The average molecular weight is 380 g/mol. The Bertz CT molecular complexity index is 853. The summed E-state index contributed by atoms with van der Waals surface area (Å²) in [4.78, 5) is 29.2. The van der Waals surface area contributed by atoms with Gasteiger partial charge in [0.1, 0.15) is 0 Å². The molecule has 0 N–H and O–H groups in total. The molecule has 0 saturated carbocycles.